The molecule has 2 heteroatoms. The second-order valence-electron chi connectivity index (χ2n) is 5.88. The maximum atomic E-state index is 3.64. The van der Waals surface area contributed by atoms with Crippen LogP contribution in [-0.4, -0.2) is 25.7 Å². The second kappa shape index (κ2) is 9.90. The van der Waals surface area contributed by atoms with Gasteiger partial charge >= 0.3 is 0 Å². The maximum absolute atomic E-state index is 3.64. The molecule has 1 rings (SSSR count). The van der Waals surface area contributed by atoms with E-state index in [1.54, 1.807) is 0 Å². The van der Waals surface area contributed by atoms with Crippen molar-refractivity contribution in [2.24, 2.45) is 5.92 Å². The Morgan fingerprint density at radius 3 is 2.24 bits per heavy atom. The van der Waals surface area contributed by atoms with Gasteiger partial charge in [0.2, 0.25) is 0 Å². The van der Waals surface area contributed by atoms with Gasteiger partial charge in [0, 0.05) is 6.04 Å². The smallest absolute Gasteiger partial charge is 0.00103 e. The molecule has 0 amide bonds. The van der Waals surface area contributed by atoms with Gasteiger partial charge in [-0.3, -0.25) is 0 Å². The third-order valence-electron chi connectivity index (χ3n) is 3.74. The third kappa shape index (κ3) is 8.62. The van der Waals surface area contributed by atoms with Crippen LogP contribution in [0.5, 0.6) is 0 Å². The normalized spacial score (nSPS) is 19.2. The Balaban J connectivity index is 1.93. The van der Waals surface area contributed by atoms with Crippen LogP contribution in [0.1, 0.15) is 65.2 Å². The summed E-state index contributed by atoms with van der Waals surface area (Å²) in [5, 5.41) is 7.10. The molecule has 102 valence electrons. The van der Waals surface area contributed by atoms with E-state index in [1.807, 2.05) is 0 Å². The van der Waals surface area contributed by atoms with Crippen LogP contribution < -0.4 is 10.6 Å². The Morgan fingerprint density at radius 2 is 1.59 bits per heavy atom. The van der Waals surface area contributed by atoms with Crippen molar-refractivity contribution in [3.8, 4) is 0 Å². The lowest BCUT2D eigenvalue weighted by atomic mass is 9.91. The first kappa shape index (κ1) is 15.0. The van der Waals surface area contributed by atoms with E-state index in [2.05, 4.69) is 24.5 Å². The molecule has 0 saturated heterocycles. The highest BCUT2D eigenvalue weighted by atomic mass is 14.9. The van der Waals surface area contributed by atoms with Crippen molar-refractivity contribution in [3.63, 3.8) is 0 Å². The van der Waals surface area contributed by atoms with Crippen LogP contribution in [0.3, 0.4) is 0 Å². The van der Waals surface area contributed by atoms with E-state index in [-0.39, 0.29) is 0 Å². The van der Waals surface area contributed by atoms with Gasteiger partial charge < -0.3 is 10.6 Å². The van der Waals surface area contributed by atoms with Crippen molar-refractivity contribution in [3.05, 3.63) is 0 Å². The lowest BCUT2D eigenvalue weighted by Crippen LogP contribution is -2.29. The molecule has 0 aromatic carbocycles. The summed E-state index contributed by atoms with van der Waals surface area (Å²) in [5.74, 6) is 0.952. The Hall–Kier alpha value is -0.0800. The summed E-state index contributed by atoms with van der Waals surface area (Å²) >= 11 is 0. The predicted octanol–water partition coefficient (Wildman–Crippen LogP) is 3.32. The largest absolute Gasteiger partial charge is 0.316 e. The first-order chi connectivity index (χ1) is 8.29. The molecular formula is C15H32N2. The van der Waals surface area contributed by atoms with Crippen LogP contribution in [-0.2, 0) is 0 Å². The molecule has 1 aliphatic rings. The molecule has 1 aliphatic carbocycles. The molecule has 0 bridgehead atoms. The minimum Gasteiger partial charge on any atom is -0.316 e. The zero-order chi connectivity index (χ0) is 12.3. The Kier molecular flexibility index (Phi) is 8.72. The van der Waals surface area contributed by atoms with E-state index < -0.39 is 0 Å². The summed E-state index contributed by atoms with van der Waals surface area (Å²) in [5.41, 5.74) is 0. The van der Waals surface area contributed by atoms with Crippen LogP contribution in [0, 0.1) is 5.92 Å². The fourth-order valence-electron chi connectivity index (χ4n) is 2.66. The van der Waals surface area contributed by atoms with Crippen LogP contribution in [0.4, 0.5) is 0 Å². The zero-order valence-corrected chi connectivity index (χ0v) is 11.9. The highest BCUT2D eigenvalue weighted by Gasteiger charge is 2.10. The van der Waals surface area contributed by atoms with E-state index in [1.165, 1.54) is 64.5 Å². The average molecular weight is 240 g/mol. The van der Waals surface area contributed by atoms with E-state index in [9.17, 15) is 0 Å². The number of rotatable bonds is 7. The van der Waals surface area contributed by atoms with E-state index in [4.69, 9.17) is 0 Å². The van der Waals surface area contributed by atoms with Gasteiger partial charge in [-0.25, -0.2) is 0 Å². The van der Waals surface area contributed by atoms with Gasteiger partial charge in [0.25, 0.3) is 0 Å². The van der Waals surface area contributed by atoms with Crippen molar-refractivity contribution >= 4 is 0 Å². The van der Waals surface area contributed by atoms with Crippen LogP contribution in [0.15, 0.2) is 0 Å². The molecule has 2 nitrogen and oxygen atoms in total. The molecule has 1 fully saturated rings. The molecule has 0 radical (unpaired) electrons. The SMILES string of the molecule is CC(C)NCCCNCC1CCCCCCC1. The van der Waals surface area contributed by atoms with Crippen LogP contribution >= 0.6 is 0 Å². The fourth-order valence-corrected chi connectivity index (χ4v) is 2.66. The van der Waals surface area contributed by atoms with Gasteiger partial charge in [0.1, 0.15) is 0 Å². The van der Waals surface area contributed by atoms with Gasteiger partial charge in [-0.1, -0.05) is 46.0 Å². The van der Waals surface area contributed by atoms with Crippen molar-refractivity contribution in [2.75, 3.05) is 19.6 Å². The van der Waals surface area contributed by atoms with Gasteiger partial charge in [0.05, 0.1) is 0 Å². The number of nitrogens with one attached hydrogen (secondary N) is 2. The van der Waals surface area contributed by atoms with Gasteiger partial charge in [-0.05, 0) is 44.8 Å². The lowest BCUT2D eigenvalue weighted by Gasteiger charge is -2.20. The first-order valence-electron chi connectivity index (χ1n) is 7.73. The molecule has 0 heterocycles. The standard InChI is InChI=1S/C15H32N2/c1-14(2)17-12-8-11-16-13-15-9-6-4-3-5-7-10-15/h14-17H,3-13H2,1-2H3. The zero-order valence-electron chi connectivity index (χ0n) is 11.9. The van der Waals surface area contributed by atoms with E-state index in [0.29, 0.717) is 6.04 Å². The Labute approximate surface area is 108 Å². The topological polar surface area (TPSA) is 24.1 Å². The van der Waals surface area contributed by atoms with Gasteiger partial charge in [0.15, 0.2) is 0 Å². The monoisotopic (exact) mass is 240 g/mol. The average Bonchev–Trinajstić information content (AvgIpc) is 2.25. The molecule has 1 saturated carbocycles. The lowest BCUT2D eigenvalue weighted by molar-refractivity contribution is 0.360. The minimum absolute atomic E-state index is 0.626. The Morgan fingerprint density at radius 1 is 0.941 bits per heavy atom. The second-order valence-corrected chi connectivity index (χ2v) is 5.88. The summed E-state index contributed by atoms with van der Waals surface area (Å²) in [7, 11) is 0. The van der Waals surface area contributed by atoms with Gasteiger partial charge in [-0.2, -0.15) is 0 Å². The van der Waals surface area contributed by atoms with Crippen molar-refractivity contribution in [1.82, 2.24) is 10.6 Å². The predicted molar refractivity (Wildman–Crippen MR) is 76.4 cm³/mol. The van der Waals surface area contributed by atoms with Crippen LogP contribution in [0.25, 0.3) is 0 Å². The fraction of sp³-hybridized carbons (Fsp3) is 1.00. The van der Waals surface area contributed by atoms with E-state index in [0.717, 1.165) is 12.5 Å². The van der Waals surface area contributed by atoms with Crippen molar-refractivity contribution < 1.29 is 0 Å². The molecule has 17 heavy (non-hydrogen) atoms. The maximum Gasteiger partial charge on any atom is 0.00103 e. The summed E-state index contributed by atoms with van der Waals surface area (Å²) in [6, 6.07) is 0.626. The number of hydrogen-bond acceptors (Lipinski definition) is 2. The van der Waals surface area contributed by atoms with Crippen molar-refractivity contribution in [1.29, 1.82) is 0 Å². The molecule has 0 aliphatic heterocycles. The molecule has 0 atom stereocenters. The molecule has 2 N–H and O–H groups in total. The van der Waals surface area contributed by atoms with Crippen molar-refractivity contribution in [2.45, 2.75) is 71.3 Å². The highest BCUT2D eigenvalue weighted by Crippen LogP contribution is 2.21. The highest BCUT2D eigenvalue weighted by molar-refractivity contribution is 4.66. The first-order valence-corrected chi connectivity index (χ1v) is 7.73. The molecule has 0 spiro atoms. The molecule has 0 aromatic rings. The number of hydrogen-bond donors (Lipinski definition) is 2. The summed E-state index contributed by atoms with van der Waals surface area (Å²) in [6.45, 7) is 8.00. The van der Waals surface area contributed by atoms with Crippen LogP contribution in [0.2, 0.25) is 0 Å². The van der Waals surface area contributed by atoms with E-state index >= 15 is 0 Å². The van der Waals surface area contributed by atoms with Gasteiger partial charge in [-0.15, -0.1) is 0 Å². The molecule has 0 aromatic heterocycles. The summed E-state index contributed by atoms with van der Waals surface area (Å²) in [6.07, 6.45) is 11.5. The summed E-state index contributed by atoms with van der Waals surface area (Å²) < 4.78 is 0. The third-order valence-corrected chi connectivity index (χ3v) is 3.74. The summed E-state index contributed by atoms with van der Waals surface area (Å²) in [4.78, 5) is 0. The Bertz CT molecular complexity index is 160. The molecule has 0 unspecified atom stereocenters. The quantitative estimate of drug-likeness (QED) is 0.667. The minimum atomic E-state index is 0.626. The molecular weight excluding hydrogens is 208 g/mol.